The molecule has 0 bridgehead atoms. The largest absolute Gasteiger partial charge is 0.472 e. The molecule has 0 saturated heterocycles. The van der Waals surface area contributed by atoms with E-state index < -0.39 is 32.5 Å². The maximum atomic E-state index is 12.6. The first-order chi connectivity index (χ1) is 32.8. The molecule has 2 atom stereocenters. The van der Waals surface area contributed by atoms with Crippen molar-refractivity contribution < 1.29 is 37.6 Å². The molecule has 372 valence electrons. The smallest absolute Gasteiger partial charge is 0.462 e. The Morgan fingerprint density at radius 3 is 1.06 bits per heavy atom. The van der Waals surface area contributed by atoms with Crippen LogP contribution in [0.5, 0.6) is 0 Å². The number of carbonyl (C=O) groups is 2. The van der Waals surface area contributed by atoms with Crippen LogP contribution in [0, 0.1) is 0 Å². The molecule has 10 heteroatoms. The van der Waals surface area contributed by atoms with Crippen molar-refractivity contribution in [1.29, 1.82) is 0 Å². The van der Waals surface area contributed by atoms with E-state index in [1.807, 2.05) is 12.2 Å². The number of nitrogens with two attached hydrogens (primary N) is 1. The Hall–Kier alpha value is -4.63. The summed E-state index contributed by atoms with van der Waals surface area (Å²) in [6, 6.07) is 0. The molecule has 0 aromatic heterocycles. The second-order valence-electron chi connectivity index (χ2n) is 15.2. The van der Waals surface area contributed by atoms with E-state index in [1.165, 1.54) is 0 Å². The molecule has 0 spiro atoms. The van der Waals surface area contributed by atoms with Gasteiger partial charge >= 0.3 is 19.8 Å². The summed E-state index contributed by atoms with van der Waals surface area (Å²) in [7, 11) is -4.43. The summed E-state index contributed by atoms with van der Waals surface area (Å²) >= 11 is 0. The predicted molar refractivity (Wildman–Crippen MR) is 283 cm³/mol. The van der Waals surface area contributed by atoms with Gasteiger partial charge in [0.25, 0.3) is 0 Å². The van der Waals surface area contributed by atoms with E-state index in [4.69, 9.17) is 24.3 Å². The highest BCUT2D eigenvalue weighted by Gasteiger charge is 2.25. The highest BCUT2D eigenvalue weighted by Crippen LogP contribution is 2.43. The second-order valence-corrected chi connectivity index (χ2v) is 16.7. The summed E-state index contributed by atoms with van der Waals surface area (Å²) in [6.07, 6.45) is 75.5. The minimum atomic E-state index is -4.43. The standard InChI is InChI=1S/C57H86NO8P/c1-3-5-7-9-11-13-15-17-19-21-23-25-27-29-31-33-35-37-39-41-43-45-47-49-56(59)63-53-55(54-65-67(61,62)64-52-51-58)66-57(60)50-48-46-44-42-40-38-36-34-32-30-28-26-24-22-20-18-16-14-12-10-8-6-4-2/h5-8,11-14,17-20,23-26,29-32,35-38,41-44,55H,3-4,9-10,15-16,21-22,27-28,33-34,39-40,45-54,58H2,1-2H3,(H,61,62)/b7-5-,8-6-,13-11-,14-12-,19-17-,20-18-,25-23-,26-24-,31-29-,32-30-,37-35-,38-36-,43-41-,44-42-. The number of phosphoric ester groups is 1. The zero-order valence-electron chi connectivity index (χ0n) is 41.0. The molecule has 0 aliphatic carbocycles. The zero-order chi connectivity index (χ0) is 48.8. The van der Waals surface area contributed by atoms with E-state index in [0.717, 1.165) is 89.9 Å². The van der Waals surface area contributed by atoms with Gasteiger partial charge in [0.2, 0.25) is 0 Å². The van der Waals surface area contributed by atoms with Gasteiger partial charge in [-0.1, -0.05) is 184 Å². The van der Waals surface area contributed by atoms with Gasteiger partial charge in [0.15, 0.2) is 6.10 Å². The molecule has 0 amide bonds. The van der Waals surface area contributed by atoms with Gasteiger partial charge in [-0.2, -0.15) is 0 Å². The Kier molecular flexibility index (Phi) is 47.3. The van der Waals surface area contributed by atoms with Gasteiger partial charge in [-0.3, -0.25) is 18.6 Å². The molecule has 9 nitrogen and oxygen atoms in total. The van der Waals surface area contributed by atoms with Crippen molar-refractivity contribution in [3.05, 3.63) is 170 Å². The summed E-state index contributed by atoms with van der Waals surface area (Å²) in [6.45, 7) is 3.33. The fourth-order valence-corrected chi connectivity index (χ4v) is 6.32. The van der Waals surface area contributed by atoms with Crippen LogP contribution in [-0.4, -0.2) is 49.3 Å². The Morgan fingerprint density at radius 2 is 0.746 bits per heavy atom. The lowest BCUT2D eigenvalue weighted by atomic mass is 10.2. The number of ether oxygens (including phenoxy) is 2. The normalized spacial score (nSPS) is 14.6. The van der Waals surface area contributed by atoms with Crippen LogP contribution in [0.15, 0.2) is 170 Å². The highest BCUT2D eigenvalue weighted by atomic mass is 31.2. The van der Waals surface area contributed by atoms with Crippen LogP contribution in [0.1, 0.15) is 142 Å². The van der Waals surface area contributed by atoms with E-state index in [9.17, 15) is 19.0 Å². The monoisotopic (exact) mass is 944 g/mol. The fourth-order valence-electron chi connectivity index (χ4n) is 5.55. The van der Waals surface area contributed by atoms with Crippen molar-refractivity contribution in [3.8, 4) is 0 Å². The van der Waals surface area contributed by atoms with E-state index >= 15 is 0 Å². The van der Waals surface area contributed by atoms with Crippen molar-refractivity contribution in [3.63, 3.8) is 0 Å². The number of carbonyl (C=O) groups excluding carboxylic acids is 2. The quantitative estimate of drug-likeness (QED) is 0.0265. The maximum absolute atomic E-state index is 12.6. The molecule has 2 unspecified atom stereocenters. The number of hydrogen-bond acceptors (Lipinski definition) is 8. The summed E-state index contributed by atoms with van der Waals surface area (Å²) in [5.41, 5.74) is 5.35. The van der Waals surface area contributed by atoms with Crippen molar-refractivity contribution in [1.82, 2.24) is 0 Å². The van der Waals surface area contributed by atoms with E-state index in [-0.39, 0.29) is 32.6 Å². The van der Waals surface area contributed by atoms with Gasteiger partial charge in [0.1, 0.15) is 6.61 Å². The molecule has 0 saturated carbocycles. The number of allylic oxidation sites excluding steroid dienone is 28. The van der Waals surface area contributed by atoms with Crippen LogP contribution < -0.4 is 5.73 Å². The SMILES string of the molecule is CC/C=C\C/C=C\C/C=C\C/C=C\C/C=C\C/C=C\C/C=C\CCCC(=O)OCC(COP(=O)(O)OCCN)OC(=O)CCC/C=C\C/C=C\C/C=C\C/C=C\C/C=C\C/C=C\C/C=C\CC. The van der Waals surface area contributed by atoms with Crippen LogP contribution in [0.2, 0.25) is 0 Å². The minimum absolute atomic E-state index is 0.0253. The molecule has 0 fully saturated rings. The Bertz CT molecular complexity index is 1690. The maximum Gasteiger partial charge on any atom is 0.472 e. The lowest BCUT2D eigenvalue weighted by Gasteiger charge is -2.19. The summed E-state index contributed by atoms with van der Waals surface area (Å²) in [5.74, 6) is -0.988. The molecule has 67 heavy (non-hydrogen) atoms. The van der Waals surface area contributed by atoms with E-state index in [2.05, 4.69) is 172 Å². The number of esters is 2. The average molecular weight is 944 g/mol. The minimum Gasteiger partial charge on any atom is -0.462 e. The lowest BCUT2D eigenvalue weighted by molar-refractivity contribution is -0.161. The molecule has 0 radical (unpaired) electrons. The Morgan fingerprint density at radius 1 is 0.448 bits per heavy atom. The molecule has 0 aromatic rings. The first kappa shape index (κ1) is 62.4. The Labute approximate surface area is 406 Å². The number of unbranched alkanes of at least 4 members (excludes halogenated alkanes) is 2. The van der Waals surface area contributed by atoms with Gasteiger partial charge in [-0.25, -0.2) is 4.57 Å². The van der Waals surface area contributed by atoms with Crippen LogP contribution in [0.4, 0.5) is 0 Å². The number of phosphoric acid groups is 1. The van der Waals surface area contributed by atoms with Gasteiger partial charge in [0.05, 0.1) is 13.2 Å². The topological polar surface area (TPSA) is 134 Å². The van der Waals surface area contributed by atoms with E-state index in [1.54, 1.807) is 0 Å². The van der Waals surface area contributed by atoms with Crippen molar-refractivity contribution in [2.24, 2.45) is 5.73 Å². The second kappa shape index (κ2) is 50.8. The third kappa shape index (κ3) is 50.6. The first-order valence-electron chi connectivity index (χ1n) is 24.6. The summed E-state index contributed by atoms with van der Waals surface area (Å²) in [5, 5.41) is 0. The van der Waals surface area contributed by atoms with Gasteiger partial charge < -0.3 is 20.1 Å². The van der Waals surface area contributed by atoms with Gasteiger partial charge in [-0.05, 0) is 116 Å². The van der Waals surface area contributed by atoms with Gasteiger partial charge in [-0.15, -0.1) is 0 Å². The number of hydrogen-bond donors (Lipinski definition) is 2. The van der Waals surface area contributed by atoms with Crippen LogP contribution >= 0.6 is 7.82 Å². The van der Waals surface area contributed by atoms with Crippen molar-refractivity contribution in [2.75, 3.05) is 26.4 Å². The number of rotatable bonds is 43. The van der Waals surface area contributed by atoms with Crippen molar-refractivity contribution >= 4 is 19.8 Å². The third-order valence-electron chi connectivity index (χ3n) is 9.10. The molecule has 3 N–H and O–H groups in total. The molecule has 0 aliphatic heterocycles. The van der Waals surface area contributed by atoms with E-state index in [0.29, 0.717) is 25.7 Å². The Balaban J connectivity index is 4.35. The summed E-state index contributed by atoms with van der Waals surface area (Å²) in [4.78, 5) is 35.0. The summed E-state index contributed by atoms with van der Waals surface area (Å²) < 4.78 is 32.8. The molecule has 0 aromatic carbocycles. The predicted octanol–water partition coefficient (Wildman–Crippen LogP) is 15.2. The lowest BCUT2D eigenvalue weighted by Crippen LogP contribution is -2.29. The zero-order valence-corrected chi connectivity index (χ0v) is 41.9. The van der Waals surface area contributed by atoms with Crippen molar-refractivity contribution in [2.45, 2.75) is 148 Å². The molecule has 0 aliphatic rings. The molecule has 0 rings (SSSR count). The first-order valence-corrected chi connectivity index (χ1v) is 26.1. The molecule has 0 heterocycles. The van der Waals surface area contributed by atoms with Crippen LogP contribution in [0.3, 0.4) is 0 Å². The fraction of sp³-hybridized carbons (Fsp3) is 0.474. The highest BCUT2D eigenvalue weighted by molar-refractivity contribution is 7.47. The average Bonchev–Trinajstić information content (AvgIpc) is 3.32. The third-order valence-corrected chi connectivity index (χ3v) is 10.1. The molecular formula is C57H86NO8P. The van der Waals surface area contributed by atoms with Crippen LogP contribution in [-0.2, 0) is 32.7 Å². The van der Waals surface area contributed by atoms with Crippen LogP contribution in [0.25, 0.3) is 0 Å². The molecular weight excluding hydrogens is 858 g/mol. The van der Waals surface area contributed by atoms with Gasteiger partial charge in [0, 0.05) is 19.4 Å².